The van der Waals surface area contributed by atoms with Gasteiger partial charge in [-0.1, -0.05) is 49.1 Å². The zero-order valence-corrected chi connectivity index (χ0v) is 14.7. The van der Waals surface area contributed by atoms with Crippen LogP contribution in [0.2, 0.25) is 0 Å². The molecule has 0 amide bonds. The molecule has 0 saturated heterocycles. The quantitative estimate of drug-likeness (QED) is 0.469. The van der Waals surface area contributed by atoms with Crippen LogP contribution in [-0.4, -0.2) is 4.87 Å². The van der Waals surface area contributed by atoms with Crippen molar-refractivity contribution in [1.82, 2.24) is 0 Å². The predicted octanol–water partition coefficient (Wildman–Crippen LogP) is 5.55. The molecule has 0 aliphatic heterocycles. The maximum absolute atomic E-state index is 6.95. The van der Waals surface area contributed by atoms with Crippen molar-refractivity contribution in [3.63, 3.8) is 0 Å². The summed E-state index contributed by atoms with van der Waals surface area (Å²) in [6, 6.07) is 10.7. The first-order valence-corrected chi connectivity index (χ1v) is 9.67. The molecule has 1 aromatic rings. The molecule has 1 aromatic carbocycles. The third-order valence-electron chi connectivity index (χ3n) is 7.32. The SMILES string of the molecule is CC1(c2ccccc2)CC1(Cl)C#CC12CC3CC(CC(C3)C1)C2. The molecule has 23 heavy (non-hydrogen) atoms. The Bertz CT molecular complexity index is 658. The van der Waals surface area contributed by atoms with Crippen molar-refractivity contribution >= 4 is 11.6 Å². The van der Waals surface area contributed by atoms with E-state index in [1.165, 1.54) is 44.1 Å². The topological polar surface area (TPSA) is 0 Å². The predicted molar refractivity (Wildman–Crippen MR) is 95.4 cm³/mol. The zero-order valence-electron chi connectivity index (χ0n) is 13.9. The van der Waals surface area contributed by atoms with Crippen molar-refractivity contribution in [2.24, 2.45) is 23.2 Å². The van der Waals surface area contributed by atoms with Crippen molar-refractivity contribution < 1.29 is 0 Å². The summed E-state index contributed by atoms with van der Waals surface area (Å²) < 4.78 is 0. The summed E-state index contributed by atoms with van der Waals surface area (Å²) in [4.78, 5) is -0.336. The molecule has 0 aromatic heterocycles. The molecule has 0 nitrogen and oxygen atoms in total. The van der Waals surface area contributed by atoms with Gasteiger partial charge in [0, 0.05) is 10.8 Å². The molecule has 0 N–H and O–H groups in total. The second-order valence-corrected chi connectivity index (χ2v) is 9.77. The average Bonchev–Trinajstić information content (AvgIpc) is 3.09. The minimum Gasteiger partial charge on any atom is -0.104 e. The van der Waals surface area contributed by atoms with Gasteiger partial charge in [0.05, 0.1) is 0 Å². The van der Waals surface area contributed by atoms with E-state index < -0.39 is 0 Å². The Morgan fingerprint density at radius 2 is 1.48 bits per heavy atom. The van der Waals surface area contributed by atoms with Crippen LogP contribution in [0, 0.1) is 35.0 Å². The standard InChI is InChI=1S/C22H25Cl/c1-20(19-5-3-2-4-6-19)15-22(20,23)8-7-21-12-16-9-17(13-21)11-18(10-16)14-21/h2-6,16-18H,9-15H2,1H3. The van der Waals surface area contributed by atoms with Crippen LogP contribution in [0.1, 0.15) is 57.4 Å². The number of rotatable bonds is 1. The van der Waals surface area contributed by atoms with Gasteiger partial charge in [-0.3, -0.25) is 0 Å². The monoisotopic (exact) mass is 324 g/mol. The fraction of sp³-hybridized carbons (Fsp3) is 0.636. The minimum atomic E-state index is -0.336. The molecule has 0 heterocycles. The normalized spacial score (nSPS) is 49.6. The molecule has 5 aliphatic carbocycles. The first kappa shape index (κ1) is 14.4. The van der Waals surface area contributed by atoms with E-state index in [4.69, 9.17) is 11.6 Å². The molecular formula is C22H25Cl. The van der Waals surface area contributed by atoms with Gasteiger partial charge in [0.25, 0.3) is 0 Å². The lowest BCUT2D eigenvalue weighted by molar-refractivity contribution is -0.0181. The Morgan fingerprint density at radius 1 is 0.913 bits per heavy atom. The first-order chi connectivity index (χ1) is 11.0. The Balaban J connectivity index is 1.42. The molecule has 5 saturated carbocycles. The van der Waals surface area contributed by atoms with Gasteiger partial charge < -0.3 is 0 Å². The minimum absolute atomic E-state index is 0.0328. The van der Waals surface area contributed by atoms with Crippen LogP contribution < -0.4 is 0 Å². The Morgan fingerprint density at radius 3 is 2.04 bits per heavy atom. The number of hydrogen-bond acceptors (Lipinski definition) is 0. The number of hydrogen-bond donors (Lipinski definition) is 0. The van der Waals surface area contributed by atoms with E-state index in [1.54, 1.807) is 0 Å². The van der Waals surface area contributed by atoms with Crippen LogP contribution in [-0.2, 0) is 5.41 Å². The highest BCUT2D eigenvalue weighted by atomic mass is 35.5. The molecule has 4 bridgehead atoms. The first-order valence-electron chi connectivity index (χ1n) is 9.29. The third-order valence-corrected chi connectivity index (χ3v) is 7.97. The molecule has 5 fully saturated rings. The van der Waals surface area contributed by atoms with Gasteiger partial charge in [-0.05, 0) is 68.3 Å². The highest BCUT2D eigenvalue weighted by molar-refractivity contribution is 6.30. The summed E-state index contributed by atoms with van der Waals surface area (Å²) in [5, 5.41) is 0. The van der Waals surface area contributed by atoms with Crippen molar-refractivity contribution in [2.75, 3.05) is 0 Å². The van der Waals surface area contributed by atoms with E-state index in [9.17, 15) is 0 Å². The second kappa shape index (κ2) is 4.58. The van der Waals surface area contributed by atoms with Gasteiger partial charge in [-0.15, -0.1) is 11.6 Å². The largest absolute Gasteiger partial charge is 0.115 e. The lowest BCUT2D eigenvalue weighted by Crippen LogP contribution is -2.45. The zero-order chi connectivity index (χ0) is 15.7. The van der Waals surface area contributed by atoms with Crippen LogP contribution in [0.5, 0.6) is 0 Å². The average molecular weight is 325 g/mol. The van der Waals surface area contributed by atoms with Gasteiger partial charge in [0.15, 0.2) is 0 Å². The Hall–Kier alpha value is -0.930. The summed E-state index contributed by atoms with van der Waals surface area (Å²) >= 11 is 6.95. The van der Waals surface area contributed by atoms with Crippen molar-refractivity contribution in [1.29, 1.82) is 0 Å². The highest BCUT2D eigenvalue weighted by Gasteiger charge is 2.64. The fourth-order valence-corrected chi connectivity index (χ4v) is 6.68. The van der Waals surface area contributed by atoms with Crippen LogP contribution in [0.4, 0.5) is 0 Å². The van der Waals surface area contributed by atoms with E-state index in [0.29, 0.717) is 5.41 Å². The van der Waals surface area contributed by atoms with E-state index in [-0.39, 0.29) is 10.3 Å². The molecule has 2 atom stereocenters. The lowest BCUT2D eigenvalue weighted by Gasteiger charge is -2.54. The molecule has 120 valence electrons. The number of benzene rings is 1. The Labute approximate surface area is 145 Å². The van der Waals surface area contributed by atoms with E-state index in [1.807, 2.05) is 0 Å². The van der Waals surface area contributed by atoms with Gasteiger partial charge in [0.1, 0.15) is 4.87 Å². The van der Waals surface area contributed by atoms with Crippen LogP contribution >= 0.6 is 11.6 Å². The van der Waals surface area contributed by atoms with E-state index in [2.05, 4.69) is 49.1 Å². The van der Waals surface area contributed by atoms with Crippen LogP contribution in [0.3, 0.4) is 0 Å². The summed E-state index contributed by atoms with van der Waals surface area (Å²) in [6.45, 7) is 2.28. The van der Waals surface area contributed by atoms with Crippen LogP contribution in [0.15, 0.2) is 30.3 Å². The maximum Gasteiger partial charge on any atom is 0.115 e. The molecule has 2 unspecified atom stereocenters. The van der Waals surface area contributed by atoms with E-state index >= 15 is 0 Å². The van der Waals surface area contributed by atoms with Crippen molar-refractivity contribution in [3.05, 3.63) is 35.9 Å². The summed E-state index contributed by atoms with van der Waals surface area (Å²) in [5.74, 6) is 10.2. The van der Waals surface area contributed by atoms with Crippen molar-refractivity contribution in [2.45, 2.75) is 62.2 Å². The Kier molecular flexibility index (Phi) is 2.87. The summed E-state index contributed by atoms with van der Waals surface area (Å²) in [7, 11) is 0. The van der Waals surface area contributed by atoms with Gasteiger partial charge in [-0.2, -0.15) is 0 Å². The number of halogens is 1. The maximum atomic E-state index is 6.95. The summed E-state index contributed by atoms with van der Waals surface area (Å²) in [5.41, 5.74) is 1.69. The molecule has 5 aliphatic rings. The third kappa shape index (κ3) is 2.12. The fourth-order valence-electron chi connectivity index (χ4n) is 6.26. The van der Waals surface area contributed by atoms with Gasteiger partial charge in [-0.25, -0.2) is 0 Å². The molecule has 0 radical (unpaired) electrons. The summed E-state index contributed by atoms with van der Waals surface area (Å²) in [6.07, 6.45) is 9.48. The van der Waals surface area contributed by atoms with Crippen molar-refractivity contribution in [3.8, 4) is 11.8 Å². The molecule has 6 rings (SSSR count). The highest BCUT2D eigenvalue weighted by Crippen LogP contribution is 2.63. The van der Waals surface area contributed by atoms with E-state index in [0.717, 1.165) is 24.2 Å². The molecule has 1 heteroatoms. The number of alkyl halides is 1. The lowest BCUT2D eigenvalue weighted by atomic mass is 9.50. The molecule has 0 spiro atoms. The van der Waals surface area contributed by atoms with Crippen LogP contribution in [0.25, 0.3) is 0 Å². The smallest absolute Gasteiger partial charge is 0.104 e. The molecular weight excluding hydrogens is 300 g/mol. The van der Waals surface area contributed by atoms with Gasteiger partial charge >= 0.3 is 0 Å². The van der Waals surface area contributed by atoms with Gasteiger partial charge in [0.2, 0.25) is 0 Å². The second-order valence-electron chi connectivity index (χ2n) is 9.12.